The molecule has 0 spiro atoms. The lowest BCUT2D eigenvalue weighted by molar-refractivity contribution is -0.160. The normalized spacial score (nSPS) is 19.8. The standard InChI is InChI=1S/C21H26F2N2O/c1-21(22,23)20(26)24-13-12-19(16-24)25(14-17-8-4-2-5-9-17)15-18-10-6-3-7-11-18/h2-11,19-20,26H,12-16H2,1H3. The average Bonchev–Trinajstić information content (AvgIpc) is 3.11. The fraction of sp³-hybridized carbons (Fsp3) is 0.429. The molecule has 1 fully saturated rings. The van der Waals surface area contributed by atoms with Gasteiger partial charge in [0, 0.05) is 39.1 Å². The zero-order valence-corrected chi connectivity index (χ0v) is 15.1. The maximum absolute atomic E-state index is 13.5. The van der Waals surface area contributed by atoms with Crippen molar-refractivity contribution in [2.24, 2.45) is 0 Å². The molecular weight excluding hydrogens is 334 g/mol. The Morgan fingerprint density at radius 3 is 2.00 bits per heavy atom. The van der Waals surface area contributed by atoms with Crippen LogP contribution in [0.1, 0.15) is 24.5 Å². The maximum Gasteiger partial charge on any atom is 0.284 e. The number of likely N-dealkylation sites (tertiary alicyclic amines) is 1. The summed E-state index contributed by atoms with van der Waals surface area (Å²) in [6.07, 6.45) is -0.949. The number of rotatable bonds is 7. The number of alkyl halides is 2. The molecular formula is C21H26F2N2O. The predicted molar refractivity (Wildman–Crippen MR) is 98.7 cm³/mol. The SMILES string of the molecule is CC(F)(F)C(O)N1CCC(N(Cc2ccccc2)Cc2ccccc2)C1. The molecule has 0 aliphatic carbocycles. The van der Waals surface area contributed by atoms with Crippen molar-refractivity contribution in [2.45, 2.75) is 44.6 Å². The summed E-state index contributed by atoms with van der Waals surface area (Å²) < 4.78 is 27.0. The van der Waals surface area contributed by atoms with E-state index in [-0.39, 0.29) is 6.04 Å². The highest BCUT2D eigenvalue weighted by Gasteiger charge is 2.41. The average molecular weight is 360 g/mol. The smallest absolute Gasteiger partial charge is 0.284 e. The lowest BCUT2D eigenvalue weighted by Gasteiger charge is -2.31. The van der Waals surface area contributed by atoms with Crippen molar-refractivity contribution < 1.29 is 13.9 Å². The van der Waals surface area contributed by atoms with Gasteiger partial charge in [-0.3, -0.25) is 9.80 Å². The number of nitrogens with zero attached hydrogens (tertiary/aromatic N) is 2. The molecule has 0 amide bonds. The fourth-order valence-electron chi connectivity index (χ4n) is 3.56. The van der Waals surface area contributed by atoms with Crippen LogP contribution in [0, 0.1) is 0 Å². The largest absolute Gasteiger partial charge is 0.372 e. The summed E-state index contributed by atoms with van der Waals surface area (Å²) in [5, 5.41) is 9.92. The molecule has 2 aromatic rings. The second-order valence-electron chi connectivity index (χ2n) is 7.14. The van der Waals surface area contributed by atoms with Gasteiger partial charge >= 0.3 is 0 Å². The quantitative estimate of drug-likeness (QED) is 0.815. The first kappa shape index (κ1) is 19.0. The van der Waals surface area contributed by atoms with Crippen LogP contribution in [0.3, 0.4) is 0 Å². The third-order valence-electron chi connectivity index (χ3n) is 4.97. The summed E-state index contributed by atoms with van der Waals surface area (Å²) in [4.78, 5) is 3.82. The van der Waals surface area contributed by atoms with Gasteiger partial charge in [-0.25, -0.2) is 8.78 Å². The van der Waals surface area contributed by atoms with Crippen molar-refractivity contribution in [3.63, 3.8) is 0 Å². The van der Waals surface area contributed by atoms with Gasteiger partial charge in [-0.15, -0.1) is 0 Å². The van der Waals surface area contributed by atoms with Gasteiger partial charge in [0.15, 0.2) is 6.23 Å². The van der Waals surface area contributed by atoms with E-state index in [0.717, 1.165) is 26.4 Å². The van der Waals surface area contributed by atoms with Gasteiger partial charge in [-0.1, -0.05) is 60.7 Å². The first-order valence-corrected chi connectivity index (χ1v) is 9.05. The Bertz CT molecular complexity index is 634. The van der Waals surface area contributed by atoms with E-state index in [2.05, 4.69) is 29.2 Å². The van der Waals surface area contributed by atoms with E-state index in [1.807, 2.05) is 36.4 Å². The molecule has 0 bridgehead atoms. The first-order valence-electron chi connectivity index (χ1n) is 9.05. The van der Waals surface area contributed by atoms with Gasteiger partial charge in [0.05, 0.1) is 0 Å². The number of aliphatic hydroxyl groups excluding tert-OH is 1. The molecule has 2 atom stereocenters. The molecule has 0 aromatic heterocycles. The van der Waals surface area contributed by atoms with Crippen LogP contribution in [-0.4, -0.2) is 46.2 Å². The molecule has 140 valence electrons. The molecule has 1 aliphatic rings. The number of halogens is 2. The Kier molecular flexibility index (Phi) is 6.01. The highest BCUT2D eigenvalue weighted by atomic mass is 19.3. The van der Waals surface area contributed by atoms with Crippen LogP contribution in [0.4, 0.5) is 8.78 Å². The Balaban J connectivity index is 1.73. The van der Waals surface area contributed by atoms with Gasteiger partial charge in [0.1, 0.15) is 0 Å². The predicted octanol–water partition coefficient (Wildman–Crippen LogP) is 3.74. The van der Waals surface area contributed by atoms with Gasteiger partial charge in [-0.2, -0.15) is 0 Å². The van der Waals surface area contributed by atoms with Crippen LogP contribution < -0.4 is 0 Å². The van der Waals surface area contributed by atoms with Crippen molar-refractivity contribution in [3.8, 4) is 0 Å². The van der Waals surface area contributed by atoms with E-state index >= 15 is 0 Å². The van der Waals surface area contributed by atoms with E-state index in [9.17, 15) is 13.9 Å². The van der Waals surface area contributed by atoms with Crippen molar-refractivity contribution in [2.75, 3.05) is 13.1 Å². The molecule has 5 heteroatoms. The number of benzene rings is 2. The molecule has 1 N–H and O–H groups in total. The number of hydrogen-bond donors (Lipinski definition) is 1. The number of hydrogen-bond acceptors (Lipinski definition) is 3. The van der Waals surface area contributed by atoms with Crippen LogP contribution in [-0.2, 0) is 13.1 Å². The minimum absolute atomic E-state index is 0.132. The van der Waals surface area contributed by atoms with Gasteiger partial charge < -0.3 is 5.11 Å². The minimum atomic E-state index is -3.11. The second kappa shape index (κ2) is 8.25. The zero-order chi connectivity index (χ0) is 18.6. The summed E-state index contributed by atoms with van der Waals surface area (Å²) in [6.45, 7) is 3.22. The van der Waals surface area contributed by atoms with Crippen LogP contribution in [0.15, 0.2) is 60.7 Å². The van der Waals surface area contributed by atoms with E-state index < -0.39 is 12.2 Å². The highest BCUT2D eigenvalue weighted by molar-refractivity contribution is 5.17. The summed E-state index contributed by atoms with van der Waals surface area (Å²) in [5.74, 6) is -3.11. The third kappa shape index (κ3) is 4.87. The Hall–Kier alpha value is -1.82. The van der Waals surface area contributed by atoms with Gasteiger partial charge in [0.25, 0.3) is 5.92 Å². The Morgan fingerprint density at radius 1 is 1.04 bits per heavy atom. The summed E-state index contributed by atoms with van der Waals surface area (Å²) >= 11 is 0. The van der Waals surface area contributed by atoms with E-state index in [0.29, 0.717) is 13.1 Å². The fourth-order valence-corrected chi connectivity index (χ4v) is 3.56. The van der Waals surface area contributed by atoms with E-state index in [1.165, 1.54) is 16.0 Å². The molecule has 26 heavy (non-hydrogen) atoms. The van der Waals surface area contributed by atoms with Gasteiger partial charge in [-0.05, 0) is 17.5 Å². The van der Waals surface area contributed by atoms with Crippen molar-refractivity contribution in [3.05, 3.63) is 71.8 Å². The topological polar surface area (TPSA) is 26.7 Å². The molecule has 0 saturated carbocycles. The Morgan fingerprint density at radius 2 is 1.54 bits per heavy atom. The maximum atomic E-state index is 13.5. The molecule has 3 rings (SSSR count). The zero-order valence-electron chi connectivity index (χ0n) is 15.1. The van der Waals surface area contributed by atoms with Crippen molar-refractivity contribution in [1.82, 2.24) is 9.80 Å². The van der Waals surface area contributed by atoms with Crippen molar-refractivity contribution >= 4 is 0 Å². The molecule has 1 aliphatic heterocycles. The Labute approximate surface area is 153 Å². The monoisotopic (exact) mass is 360 g/mol. The molecule has 1 saturated heterocycles. The molecule has 1 heterocycles. The molecule has 0 radical (unpaired) electrons. The lowest BCUT2D eigenvalue weighted by Crippen LogP contribution is -2.46. The summed E-state index contributed by atoms with van der Waals surface area (Å²) in [5.41, 5.74) is 2.39. The van der Waals surface area contributed by atoms with Crippen LogP contribution in [0.2, 0.25) is 0 Å². The summed E-state index contributed by atoms with van der Waals surface area (Å²) in [7, 11) is 0. The molecule has 3 nitrogen and oxygen atoms in total. The van der Waals surface area contributed by atoms with Crippen LogP contribution in [0.25, 0.3) is 0 Å². The van der Waals surface area contributed by atoms with E-state index in [1.54, 1.807) is 0 Å². The lowest BCUT2D eigenvalue weighted by atomic mass is 10.1. The molecule has 2 unspecified atom stereocenters. The summed E-state index contributed by atoms with van der Waals surface area (Å²) in [6, 6.07) is 20.5. The van der Waals surface area contributed by atoms with Gasteiger partial charge in [0.2, 0.25) is 0 Å². The van der Waals surface area contributed by atoms with E-state index in [4.69, 9.17) is 0 Å². The third-order valence-corrected chi connectivity index (χ3v) is 4.97. The van der Waals surface area contributed by atoms with Crippen LogP contribution in [0.5, 0.6) is 0 Å². The number of aliphatic hydroxyl groups is 1. The van der Waals surface area contributed by atoms with Crippen LogP contribution >= 0.6 is 0 Å². The minimum Gasteiger partial charge on any atom is -0.372 e. The second-order valence-corrected chi connectivity index (χ2v) is 7.14. The first-order chi connectivity index (χ1) is 12.4. The highest BCUT2D eigenvalue weighted by Crippen LogP contribution is 2.27. The molecule has 2 aromatic carbocycles. The van der Waals surface area contributed by atoms with Crippen molar-refractivity contribution in [1.29, 1.82) is 0 Å².